The number of benzene rings is 1. The van der Waals surface area contributed by atoms with Gasteiger partial charge in [0, 0.05) is 50.9 Å². The van der Waals surface area contributed by atoms with Crippen molar-refractivity contribution in [3.05, 3.63) is 65.6 Å². The van der Waals surface area contributed by atoms with E-state index in [9.17, 15) is 4.79 Å². The Bertz CT molecular complexity index is 1020. The van der Waals surface area contributed by atoms with Crippen molar-refractivity contribution in [2.75, 3.05) is 39.8 Å². The summed E-state index contributed by atoms with van der Waals surface area (Å²) < 4.78 is 7.56. The van der Waals surface area contributed by atoms with Crippen LogP contribution in [0, 0.1) is 6.92 Å². The fourth-order valence-electron chi connectivity index (χ4n) is 4.30. The van der Waals surface area contributed by atoms with Gasteiger partial charge in [-0.1, -0.05) is 25.1 Å². The lowest BCUT2D eigenvalue weighted by molar-refractivity contribution is -0.133. The minimum absolute atomic E-state index is 0.0893. The summed E-state index contributed by atoms with van der Waals surface area (Å²) in [5.41, 5.74) is 4.15. The second-order valence-corrected chi connectivity index (χ2v) is 7.92. The highest BCUT2D eigenvalue weighted by Crippen LogP contribution is 2.32. The monoisotopic (exact) mass is 406 g/mol. The molecule has 1 atom stereocenters. The number of aromatic nitrogens is 2. The maximum atomic E-state index is 13.3. The molecule has 0 N–H and O–H groups in total. The van der Waals surface area contributed by atoms with E-state index in [2.05, 4.69) is 40.3 Å². The van der Waals surface area contributed by atoms with E-state index < -0.39 is 0 Å². The van der Waals surface area contributed by atoms with Crippen LogP contribution < -0.4 is 4.74 Å². The van der Waals surface area contributed by atoms with Gasteiger partial charge in [-0.3, -0.25) is 4.79 Å². The first kappa shape index (κ1) is 20.4. The van der Waals surface area contributed by atoms with Crippen LogP contribution in [0.1, 0.15) is 36.1 Å². The molecule has 0 radical (unpaired) electrons. The molecule has 1 fully saturated rings. The van der Waals surface area contributed by atoms with Crippen molar-refractivity contribution in [2.24, 2.45) is 0 Å². The third-order valence-corrected chi connectivity index (χ3v) is 6.16. The molecule has 158 valence electrons. The molecule has 0 unspecified atom stereocenters. The van der Waals surface area contributed by atoms with Gasteiger partial charge in [-0.25, -0.2) is 4.98 Å². The number of pyridine rings is 1. The highest BCUT2D eigenvalue weighted by Gasteiger charge is 2.27. The number of carbonyl (C=O) groups is 1. The number of hydrogen-bond donors (Lipinski definition) is 0. The molecule has 1 aromatic carbocycles. The fraction of sp³-hybridized carbons (Fsp3) is 0.417. The number of fused-ring (bicyclic) bond motifs is 1. The number of nitrogens with zero attached hydrogens (tertiary/aromatic N) is 4. The number of piperazine rings is 1. The van der Waals surface area contributed by atoms with Crippen LogP contribution in [0.15, 0.2) is 48.8 Å². The molecule has 0 spiro atoms. The standard InChI is InChI=1S/C24H30N4O2/c1-4-26-11-13-27(14-12-26)23(29)16-21(19-8-5-9-20(15-19)30-3)22-17-25-24-18(2)7-6-10-28(22)24/h5-10,15,17,21H,4,11-14,16H2,1-3H3/t21-/m1/s1. The Labute approximate surface area is 178 Å². The Morgan fingerprint density at radius 2 is 1.97 bits per heavy atom. The van der Waals surface area contributed by atoms with Crippen LogP contribution >= 0.6 is 0 Å². The molecule has 0 aliphatic carbocycles. The number of hydrogen-bond acceptors (Lipinski definition) is 4. The Morgan fingerprint density at radius 3 is 2.70 bits per heavy atom. The van der Waals surface area contributed by atoms with Gasteiger partial charge in [0.2, 0.25) is 5.91 Å². The number of rotatable bonds is 6. The minimum atomic E-state index is -0.0893. The summed E-state index contributed by atoms with van der Waals surface area (Å²) in [4.78, 5) is 22.3. The smallest absolute Gasteiger partial charge is 0.223 e. The van der Waals surface area contributed by atoms with Gasteiger partial charge in [-0.05, 0) is 42.8 Å². The second-order valence-electron chi connectivity index (χ2n) is 7.92. The van der Waals surface area contributed by atoms with Gasteiger partial charge in [-0.2, -0.15) is 0 Å². The van der Waals surface area contributed by atoms with Gasteiger partial charge in [-0.15, -0.1) is 0 Å². The number of aryl methyl sites for hydroxylation is 1. The summed E-state index contributed by atoms with van der Waals surface area (Å²) in [6.07, 6.45) is 4.36. The van der Waals surface area contributed by atoms with Crippen LogP contribution in [-0.2, 0) is 4.79 Å². The van der Waals surface area contributed by atoms with E-state index in [1.807, 2.05) is 41.6 Å². The number of ether oxygens (including phenoxy) is 1. The minimum Gasteiger partial charge on any atom is -0.497 e. The van der Waals surface area contributed by atoms with Crippen LogP contribution in [0.5, 0.6) is 5.75 Å². The third kappa shape index (κ3) is 4.05. The molecule has 1 aliphatic rings. The van der Waals surface area contributed by atoms with E-state index >= 15 is 0 Å². The van der Waals surface area contributed by atoms with Crippen LogP contribution in [0.25, 0.3) is 5.65 Å². The SMILES string of the molecule is CCN1CCN(C(=O)C[C@H](c2cccc(OC)c2)c2cnc3c(C)cccn23)CC1. The van der Waals surface area contributed by atoms with Gasteiger partial charge < -0.3 is 18.9 Å². The van der Waals surface area contributed by atoms with E-state index in [1.165, 1.54) is 0 Å². The molecule has 4 rings (SSSR count). The highest BCUT2D eigenvalue weighted by atomic mass is 16.5. The van der Waals surface area contributed by atoms with E-state index in [-0.39, 0.29) is 11.8 Å². The Kier molecular flexibility index (Phi) is 6.04. The van der Waals surface area contributed by atoms with Crippen molar-refractivity contribution < 1.29 is 9.53 Å². The first-order chi connectivity index (χ1) is 14.6. The van der Waals surface area contributed by atoms with E-state index in [0.717, 1.165) is 60.9 Å². The molecule has 1 aliphatic heterocycles. The zero-order valence-corrected chi connectivity index (χ0v) is 18.0. The number of carbonyl (C=O) groups excluding carboxylic acids is 1. The quantitative estimate of drug-likeness (QED) is 0.630. The second kappa shape index (κ2) is 8.88. The molecule has 2 aromatic heterocycles. The Morgan fingerprint density at radius 1 is 1.17 bits per heavy atom. The molecule has 1 amide bonds. The molecule has 30 heavy (non-hydrogen) atoms. The molecule has 0 saturated carbocycles. The lowest BCUT2D eigenvalue weighted by atomic mass is 9.91. The van der Waals surface area contributed by atoms with E-state index in [0.29, 0.717) is 6.42 Å². The van der Waals surface area contributed by atoms with Crippen LogP contribution in [-0.4, -0.2) is 64.9 Å². The average Bonchev–Trinajstić information content (AvgIpc) is 3.22. The molecule has 6 nitrogen and oxygen atoms in total. The maximum absolute atomic E-state index is 13.3. The maximum Gasteiger partial charge on any atom is 0.223 e. The number of methoxy groups -OCH3 is 1. The van der Waals surface area contributed by atoms with Gasteiger partial charge >= 0.3 is 0 Å². The number of imidazole rings is 1. The number of likely N-dealkylation sites (N-methyl/N-ethyl adjacent to an activating group) is 1. The molecule has 6 heteroatoms. The summed E-state index contributed by atoms with van der Waals surface area (Å²) in [5.74, 6) is 0.904. The zero-order valence-electron chi connectivity index (χ0n) is 18.0. The van der Waals surface area contributed by atoms with Gasteiger partial charge in [0.05, 0.1) is 12.8 Å². The highest BCUT2D eigenvalue weighted by molar-refractivity contribution is 5.78. The van der Waals surface area contributed by atoms with Crippen LogP contribution in [0.4, 0.5) is 0 Å². The molecule has 1 saturated heterocycles. The van der Waals surface area contributed by atoms with Crippen molar-refractivity contribution in [3.63, 3.8) is 0 Å². The lowest BCUT2D eigenvalue weighted by Gasteiger charge is -2.34. The summed E-state index contributed by atoms with van der Waals surface area (Å²) >= 11 is 0. The van der Waals surface area contributed by atoms with Gasteiger partial charge in [0.15, 0.2) is 0 Å². The summed E-state index contributed by atoms with van der Waals surface area (Å²) in [6, 6.07) is 12.1. The fourth-order valence-corrected chi connectivity index (χ4v) is 4.30. The average molecular weight is 407 g/mol. The first-order valence-corrected chi connectivity index (χ1v) is 10.7. The van der Waals surface area contributed by atoms with Crippen molar-refractivity contribution in [1.29, 1.82) is 0 Å². The summed E-state index contributed by atoms with van der Waals surface area (Å²) in [5, 5.41) is 0. The first-order valence-electron chi connectivity index (χ1n) is 10.7. The molecule has 3 heterocycles. The number of amides is 1. The molecule has 3 aromatic rings. The summed E-state index contributed by atoms with van der Waals surface area (Å²) in [6.45, 7) is 8.75. The molecular weight excluding hydrogens is 376 g/mol. The zero-order chi connectivity index (χ0) is 21.1. The van der Waals surface area contributed by atoms with Crippen LogP contribution in [0.3, 0.4) is 0 Å². The topological polar surface area (TPSA) is 50.1 Å². The van der Waals surface area contributed by atoms with Gasteiger partial charge in [0.1, 0.15) is 11.4 Å². The largest absolute Gasteiger partial charge is 0.497 e. The molecule has 0 bridgehead atoms. The van der Waals surface area contributed by atoms with Gasteiger partial charge in [0.25, 0.3) is 0 Å². The normalized spacial score (nSPS) is 16.0. The van der Waals surface area contributed by atoms with E-state index in [1.54, 1.807) is 7.11 Å². The van der Waals surface area contributed by atoms with Crippen molar-refractivity contribution in [2.45, 2.75) is 26.2 Å². The van der Waals surface area contributed by atoms with Crippen molar-refractivity contribution >= 4 is 11.6 Å². The van der Waals surface area contributed by atoms with Crippen molar-refractivity contribution in [3.8, 4) is 5.75 Å². The van der Waals surface area contributed by atoms with E-state index in [4.69, 9.17) is 4.74 Å². The predicted molar refractivity (Wildman–Crippen MR) is 118 cm³/mol. The Hall–Kier alpha value is -2.86. The third-order valence-electron chi connectivity index (χ3n) is 6.16. The van der Waals surface area contributed by atoms with Crippen LogP contribution in [0.2, 0.25) is 0 Å². The summed E-state index contributed by atoms with van der Waals surface area (Å²) in [7, 11) is 1.67. The van der Waals surface area contributed by atoms with Crippen molar-refractivity contribution in [1.82, 2.24) is 19.2 Å². The Balaban J connectivity index is 1.67. The lowest BCUT2D eigenvalue weighted by Crippen LogP contribution is -2.48. The molecular formula is C24H30N4O2. The predicted octanol–water partition coefficient (Wildman–Crippen LogP) is 3.34.